The molecule has 224 valence electrons. The lowest BCUT2D eigenvalue weighted by Crippen LogP contribution is -2.52. The quantitative estimate of drug-likeness (QED) is 0.188. The zero-order valence-corrected chi connectivity index (χ0v) is 24.8. The highest BCUT2D eigenvalue weighted by Crippen LogP contribution is 2.54. The van der Waals surface area contributed by atoms with Crippen molar-refractivity contribution in [3.05, 3.63) is 70.8 Å². The molecule has 6 rings (SSSR count). The Bertz CT molecular complexity index is 1800. The van der Waals surface area contributed by atoms with E-state index in [4.69, 9.17) is 11.6 Å². The Labute approximate surface area is 251 Å². The van der Waals surface area contributed by atoms with Gasteiger partial charge in [-0.25, -0.2) is 0 Å². The van der Waals surface area contributed by atoms with E-state index in [0.717, 1.165) is 16.0 Å². The second-order valence-electron chi connectivity index (χ2n) is 12.3. The third-order valence-electron chi connectivity index (χ3n) is 7.76. The molecule has 0 saturated heterocycles. The van der Waals surface area contributed by atoms with E-state index in [-0.39, 0.29) is 18.3 Å². The van der Waals surface area contributed by atoms with E-state index in [1.807, 2.05) is 37.5 Å². The summed E-state index contributed by atoms with van der Waals surface area (Å²) in [4.78, 5) is 4.44. The van der Waals surface area contributed by atoms with E-state index in [1.54, 1.807) is 10.7 Å². The van der Waals surface area contributed by atoms with Gasteiger partial charge in [0.1, 0.15) is 6.07 Å². The molecule has 1 atom stereocenters. The smallest absolute Gasteiger partial charge is 0.383 e. The summed E-state index contributed by atoms with van der Waals surface area (Å²) in [5.74, 6) is 0. The zero-order chi connectivity index (χ0) is 30.7. The molecule has 4 aromatic rings. The molecular formula is C30H31ClF3N9. The molecular weight excluding hydrogens is 579 g/mol. The van der Waals surface area contributed by atoms with Crippen molar-refractivity contribution >= 4 is 44.8 Å². The van der Waals surface area contributed by atoms with Gasteiger partial charge in [0.05, 0.1) is 39.0 Å². The summed E-state index contributed by atoms with van der Waals surface area (Å²) in [6, 6.07) is 10.8. The van der Waals surface area contributed by atoms with Crippen molar-refractivity contribution in [3.8, 4) is 6.07 Å². The highest BCUT2D eigenvalue weighted by Gasteiger charge is 2.67. The van der Waals surface area contributed by atoms with Crippen molar-refractivity contribution in [2.75, 3.05) is 17.2 Å². The summed E-state index contributed by atoms with van der Waals surface area (Å²) >= 11 is 6.74. The highest BCUT2D eigenvalue weighted by molar-refractivity contribution is 6.35. The number of benzene rings is 2. The number of anilines is 2. The van der Waals surface area contributed by atoms with E-state index >= 15 is 0 Å². The van der Waals surface area contributed by atoms with Gasteiger partial charge in [-0.3, -0.25) is 14.7 Å². The van der Waals surface area contributed by atoms with Crippen LogP contribution in [-0.2, 0) is 7.05 Å². The number of hydrogen-bond donors (Lipinski definition) is 4. The van der Waals surface area contributed by atoms with Gasteiger partial charge in [-0.1, -0.05) is 50.6 Å². The van der Waals surface area contributed by atoms with Crippen LogP contribution in [0.25, 0.3) is 21.8 Å². The predicted molar refractivity (Wildman–Crippen MR) is 161 cm³/mol. The topological polar surface area (TPSA) is 106 Å². The number of hydrogen-bond acceptors (Lipinski definition) is 8. The van der Waals surface area contributed by atoms with Crippen LogP contribution in [0.15, 0.2) is 54.6 Å². The number of hydrazine groups is 2. The molecule has 13 heteroatoms. The normalized spacial score (nSPS) is 17.0. The lowest BCUT2D eigenvalue weighted by atomic mass is 9.96. The van der Waals surface area contributed by atoms with Gasteiger partial charge in [-0.15, -0.1) is 5.53 Å². The molecule has 0 amide bonds. The van der Waals surface area contributed by atoms with Crippen LogP contribution < -0.4 is 21.6 Å². The molecule has 1 aliphatic carbocycles. The molecule has 2 aromatic heterocycles. The molecule has 0 bridgehead atoms. The minimum atomic E-state index is -4.40. The molecule has 3 heterocycles. The Balaban J connectivity index is 1.46. The molecule has 1 aliphatic heterocycles. The number of halogens is 4. The molecule has 43 heavy (non-hydrogen) atoms. The van der Waals surface area contributed by atoms with Gasteiger partial charge in [-0.2, -0.15) is 23.5 Å². The number of pyridine rings is 1. The van der Waals surface area contributed by atoms with Crippen LogP contribution in [-0.4, -0.2) is 38.0 Å². The summed E-state index contributed by atoms with van der Waals surface area (Å²) in [5, 5.41) is 24.4. The minimum absolute atomic E-state index is 0.00172. The number of rotatable bonds is 7. The predicted octanol–water partition coefficient (Wildman–Crippen LogP) is 6.52. The summed E-state index contributed by atoms with van der Waals surface area (Å²) in [5.41, 5.74) is 7.71. The fourth-order valence-corrected chi connectivity index (χ4v) is 5.64. The lowest BCUT2D eigenvalue weighted by Gasteiger charge is -2.28. The number of nitrogens with zero attached hydrogens (tertiary/aromatic N) is 5. The van der Waals surface area contributed by atoms with Crippen LogP contribution in [0.1, 0.15) is 50.8 Å². The van der Waals surface area contributed by atoms with Crippen LogP contribution in [0.3, 0.4) is 0 Å². The maximum absolute atomic E-state index is 14.0. The number of alkyl halides is 3. The van der Waals surface area contributed by atoms with Crippen molar-refractivity contribution in [1.82, 2.24) is 30.7 Å². The SMILES string of the molecule is Cn1cc2cccc([C@H](Nc3cc(Cl)c4ncc(C#N)c(NCC(C)(C)C)c4c3)C3=CN(C4(C(F)(F)F)CC4)NN3)c2n1. The lowest BCUT2D eigenvalue weighted by molar-refractivity contribution is -0.195. The molecule has 0 spiro atoms. The fourth-order valence-electron chi connectivity index (χ4n) is 5.37. The molecule has 2 aliphatic rings. The molecule has 1 fully saturated rings. The first-order valence-corrected chi connectivity index (χ1v) is 14.2. The Kier molecular flexibility index (Phi) is 6.86. The summed E-state index contributed by atoms with van der Waals surface area (Å²) in [6.45, 7) is 6.85. The van der Waals surface area contributed by atoms with E-state index in [0.29, 0.717) is 50.6 Å². The number of nitrogens with one attached hydrogen (secondary N) is 4. The van der Waals surface area contributed by atoms with Gasteiger partial charge in [0.2, 0.25) is 0 Å². The average Bonchev–Trinajstić information content (AvgIpc) is 3.46. The second kappa shape index (κ2) is 10.2. The van der Waals surface area contributed by atoms with E-state index < -0.39 is 17.8 Å². The van der Waals surface area contributed by atoms with Gasteiger partial charge in [0.15, 0.2) is 5.54 Å². The van der Waals surface area contributed by atoms with Gasteiger partial charge >= 0.3 is 6.18 Å². The molecule has 0 radical (unpaired) electrons. The fraction of sp³-hybridized carbons (Fsp3) is 0.367. The third-order valence-corrected chi connectivity index (χ3v) is 8.05. The van der Waals surface area contributed by atoms with Crippen LogP contribution in [0, 0.1) is 16.7 Å². The first-order valence-electron chi connectivity index (χ1n) is 13.8. The average molecular weight is 610 g/mol. The highest BCUT2D eigenvalue weighted by atomic mass is 35.5. The van der Waals surface area contributed by atoms with Gasteiger partial charge in [0, 0.05) is 54.2 Å². The van der Waals surface area contributed by atoms with Gasteiger partial charge in [0.25, 0.3) is 0 Å². The van der Waals surface area contributed by atoms with Crippen LogP contribution in [0.4, 0.5) is 24.5 Å². The molecule has 2 aromatic carbocycles. The number of nitriles is 1. The Morgan fingerprint density at radius 2 is 1.95 bits per heavy atom. The van der Waals surface area contributed by atoms with Crippen molar-refractivity contribution in [2.45, 2.75) is 51.4 Å². The van der Waals surface area contributed by atoms with Crippen LogP contribution in [0.5, 0.6) is 0 Å². The number of aromatic nitrogens is 3. The standard InChI is InChI=1S/C30H31ClF3N9/c1-28(2,3)16-37-24-18(12-35)13-36-26-21(24)10-19(11-22(26)31)38-27(20-7-5-6-17-14-42(4)40-25(17)20)23-15-43(41-39-23)29(8-9-29)30(32,33)34/h5-7,10-11,13-15,27,38-39,41H,8-9,16H2,1-4H3,(H,36,37)/t27-/m0/s1. The molecule has 4 N–H and O–H groups in total. The first-order chi connectivity index (χ1) is 20.3. The van der Waals surface area contributed by atoms with E-state index in [1.165, 1.54) is 12.4 Å². The molecule has 0 unspecified atom stereocenters. The van der Waals surface area contributed by atoms with Crippen LogP contribution >= 0.6 is 11.6 Å². The van der Waals surface area contributed by atoms with E-state index in [9.17, 15) is 18.4 Å². The molecule has 9 nitrogen and oxygen atoms in total. The second-order valence-corrected chi connectivity index (χ2v) is 12.7. The number of fused-ring (bicyclic) bond motifs is 2. The maximum atomic E-state index is 14.0. The Morgan fingerprint density at radius 3 is 2.63 bits per heavy atom. The molecule has 1 saturated carbocycles. The van der Waals surface area contributed by atoms with Gasteiger partial charge < -0.3 is 16.1 Å². The largest absolute Gasteiger partial charge is 0.413 e. The van der Waals surface area contributed by atoms with Crippen molar-refractivity contribution in [3.63, 3.8) is 0 Å². The summed E-state index contributed by atoms with van der Waals surface area (Å²) in [7, 11) is 1.82. The first kappa shape index (κ1) is 28.9. The monoisotopic (exact) mass is 609 g/mol. The minimum Gasteiger partial charge on any atom is -0.383 e. The van der Waals surface area contributed by atoms with E-state index in [2.05, 4.69) is 58.5 Å². The van der Waals surface area contributed by atoms with Crippen molar-refractivity contribution in [1.29, 1.82) is 5.26 Å². The zero-order valence-electron chi connectivity index (χ0n) is 24.1. The summed E-state index contributed by atoms with van der Waals surface area (Å²) in [6.07, 6.45) is 0.455. The van der Waals surface area contributed by atoms with Crippen molar-refractivity contribution < 1.29 is 13.2 Å². The van der Waals surface area contributed by atoms with Gasteiger partial charge in [-0.05, 0) is 30.4 Å². The summed E-state index contributed by atoms with van der Waals surface area (Å²) < 4.78 is 43.6. The Morgan fingerprint density at radius 1 is 1.19 bits per heavy atom. The number of aryl methyl sites for hydroxylation is 1. The van der Waals surface area contributed by atoms with Crippen molar-refractivity contribution in [2.24, 2.45) is 12.5 Å². The third kappa shape index (κ3) is 5.28. The Hall–Kier alpha value is -4.21. The maximum Gasteiger partial charge on any atom is 0.413 e. The van der Waals surface area contributed by atoms with Crippen LogP contribution in [0.2, 0.25) is 5.02 Å².